The third kappa shape index (κ3) is 4.16. The molecule has 10 nitrogen and oxygen atoms in total. The van der Waals surface area contributed by atoms with Gasteiger partial charge in [-0.3, -0.25) is 14.9 Å². The maximum Gasteiger partial charge on any atom is 0.322 e. The molecule has 0 unspecified atom stereocenters. The van der Waals surface area contributed by atoms with Gasteiger partial charge in [-0.25, -0.2) is 8.42 Å². The minimum atomic E-state index is -3.75. The molecule has 2 aliphatic heterocycles. The van der Waals surface area contributed by atoms with Crippen molar-refractivity contribution < 1.29 is 22.4 Å². The maximum atomic E-state index is 12.9. The van der Waals surface area contributed by atoms with Gasteiger partial charge >= 0.3 is 6.01 Å². The number of aromatic nitrogens is 2. The average molecular weight is 488 g/mol. The monoisotopic (exact) mass is 487 g/mol. The Labute approximate surface area is 194 Å². The number of rotatable bonds is 6. The van der Waals surface area contributed by atoms with Crippen molar-refractivity contribution in [2.24, 2.45) is 0 Å². The van der Waals surface area contributed by atoms with E-state index in [0.29, 0.717) is 19.4 Å². The lowest BCUT2D eigenvalue weighted by Gasteiger charge is -2.21. The number of thiophene rings is 1. The van der Waals surface area contributed by atoms with E-state index in [0.717, 1.165) is 17.0 Å². The molecule has 0 aliphatic carbocycles. The van der Waals surface area contributed by atoms with Crippen LogP contribution in [0.4, 0.5) is 11.7 Å². The van der Waals surface area contributed by atoms with E-state index in [-0.39, 0.29) is 40.9 Å². The molecule has 0 radical (unpaired) electrons. The summed E-state index contributed by atoms with van der Waals surface area (Å²) in [6.07, 6.45) is 1.21. The molecule has 4 heterocycles. The number of hydrogen-bond donors (Lipinski definition) is 1. The highest BCUT2D eigenvalue weighted by Gasteiger charge is 2.40. The summed E-state index contributed by atoms with van der Waals surface area (Å²) in [5.74, 6) is -0.601. The van der Waals surface area contributed by atoms with Crippen molar-refractivity contribution in [3.8, 4) is 0 Å². The molecule has 1 N–H and O–H groups in total. The molecule has 1 aromatic carbocycles. The molecule has 172 valence electrons. The fraction of sp³-hybridized carbons (Fsp3) is 0.333. The van der Waals surface area contributed by atoms with Crippen LogP contribution in [-0.2, 0) is 19.6 Å². The fourth-order valence-corrected chi connectivity index (χ4v) is 6.96. The van der Waals surface area contributed by atoms with Crippen LogP contribution < -0.4 is 10.2 Å². The summed E-state index contributed by atoms with van der Waals surface area (Å²) in [5.41, 5.74) is 0.798. The van der Waals surface area contributed by atoms with Gasteiger partial charge in [0.25, 0.3) is 10.0 Å². The molecule has 2 fully saturated rings. The van der Waals surface area contributed by atoms with Gasteiger partial charge in [0.2, 0.25) is 17.7 Å². The van der Waals surface area contributed by atoms with Crippen LogP contribution in [0.25, 0.3) is 0 Å². The quantitative estimate of drug-likeness (QED) is 0.566. The summed E-state index contributed by atoms with van der Waals surface area (Å²) in [6, 6.07) is 11.5. The molecule has 5 rings (SSSR count). The molecule has 2 aliphatic rings. The van der Waals surface area contributed by atoms with E-state index in [1.807, 2.05) is 30.3 Å². The first-order chi connectivity index (χ1) is 15.9. The molecule has 12 heteroatoms. The third-order valence-electron chi connectivity index (χ3n) is 5.78. The van der Waals surface area contributed by atoms with Gasteiger partial charge in [0.1, 0.15) is 10.3 Å². The predicted molar refractivity (Wildman–Crippen MR) is 120 cm³/mol. The predicted octanol–water partition coefficient (Wildman–Crippen LogP) is 2.44. The number of anilines is 2. The van der Waals surface area contributed by atoms with Gasteiger partial charge in [-0.1, -0.05) is 29.4 Å². The lowest BCUT2D eigenvalue weighted by Crippen LogP contribution is -2.42. The second kappa shape index (κ2) is 8.69. The van der Waals surface area contributed by atoms with Crippen LogP contribution in [0.2, 0.25) is 0 Å². The Morgan fingerprint density at radius 2 is 1.97 bits per heavy atom. The minimum absolute atomic E-state index is 0.0460. The summed E-state index contributed by atoms with van der Waals surface area (Å²) in [5, 5.41) is 12.1. The Balaban J connectivity index is 1.26. The number of carbonyl (C=O) groups excluding carboxylic acids is 2. The van der Waals surface area contributed by atoms with Crippen LogP contribution in [-0.4, -0.2) is 53.9 Å². The summed E-state index contributed by atoms with van der Waals surface area (Å²) in [4.78, 5) is 27.0. The molecule has 2 saturated heterocycles. The van der Waals surface area contributed by atoms with Gasteiger partial charge in [-0.2, -0.15) is 4.31 Å². The van der Waals surface area contributed by atoms with Gasteiger partial charge in [0, 0.05) is 25.2 Å². The molecule has 2 atom stereocenters. The van der Waals surface area contributed by atoms with Crippen molar-refractivity contribution in [2.75, 3.05) is 23.3 Å². The maximum absolute atomic E-state index is 12.9. The lowest BCUT2D eigenvalue weighted by molar-refractivity contribution is -0.119. The minimum Gasteiger partial charge on any atom is -0.407 e. The van der Waals surface area contributed by atoms with E-state index < -0.39 is 22.0 Å². The Hall–Kier alpha value is -3.09. The molecule has 0 spiro atoms. The van der Waals surface area contributed by atoms with E-state index >= 15 is 0 Å². The number of carbonyl (C=O) groups is 2. The number of nitrogens with zero attached hydrogens (tertiary/aromatic N) is 4. The van der Waals surface area contributed by atoms with E-state index in [1.54, 1.807) is 16.3 Å². The first-order valence-corrected chi connectivity index (χ1v) is 12.8. The second-order valence-electron chi connectivity index (χ2n) is 7.88. The average Bonchev–Trinajstić information content (AvgIpc) is 3.61. The lowest BCUT2D eigenvalue weighted by atomic mass is 10.1. The van der Waals surface area contributed by atoms with Crippen molar-refractivity contribution >= 4 is 44.9 Å². The second-order valence-corrected chi connectivity index (χ2v) is 10.9. The molecule has 2 amide bonds. The number of hydrogen-bond acceptors (Lipinski definition) is 8. The molecule has 33 heavy (non-hydrogen) atoms. The summed E-state index contributed by atoms with van der Waals surface area (Å²) >= 11 is 1.12. The molecule has 2 aromatic heterocycles. The standard InChI is InChI=1S/C21H21N5O5S2/c27-17-12-14(13-25(17)15-6-2-1-3-7-15)20-23-24-21(31-20)22-19(28)16-8-4-10-26(16)33(29,30)18-9-5-11-32-18/h1-3,5-7,9,11,14,16H,4,8,10,12-13H2,(H,22,24,28)/t14-,16-/m1/s1. The molecular formula is C21H21N5O5S2. The largest absolute Gasteiger partial charge is 0.407 e. The van der Waals surface area contributed by atoms with Crippen molar-refractivity contribution in [3.05, 3.63) is 53.7 Å². The van der Waals surface area contributed by atoms with Crippen LogP contribution in [0.5, 0.6) is 0 Å². The summed E-state index contributed by atoms with van der Waals surface area (Å²) in [6.45, 7) is 0.667. The number of benzene rings is 1. The van der Waals surface area contributed by atoms with E-state index in [1.165, 1.54) is 10.4 Å². The SMILES string of the molecule is O=C(Nc1nnc([C@@H]2CC(=O)N(c3ccccc3)C2)o1)[C@H]1CCCN1S(=O)(=O)c1cccs1. The smallest absolute Gasteiger partial charge is 0.322 e. The fourth-order valence-electron chi connectivity index (χ4n) is 4.18. The van der Waals surface area contributed by atoms with E-state index in [4.69, 9.17) is 4.42 Å². The molecule has 0 bridgehead atoms. The van der Waals surface area contributed by atoms with Crippen LogP contribution in [0, 0.1) is 0 Å². The zero-order valence-corrected chi connectivity index (χ0v) is 19.1. The topological polar surface area (TPSA) is 126 Å². The first kappa shape index (κ1) is 21.7. The highest BCUT2D eigenvalue weighted by Crippen LogP contribution is 2.32. The van der Waals surface area contributed by atoms with Crippen molar-refractivity contribution in [2.45, 2.75) is 35.4 Å². The van der Waals surface area contributed by atoms with E-state index in [9.17, 15) is 18.0 Å². The van der Waals surface area contributed by atoms with Crippen LogP contribution in [0.3, 0.4) is 0 Å². The number of sulfonamides is 1. The van der Waals surface area contributed by atoms with Gasteiger partial charge in [0.05, 0.1) is 5.92 Å². The summed E-state index contributed by atoms with van der Waals surface area (Å²) < 4.78 is 32.8. The Kier molecular flexibility index (Phi) is 5.72. The van der Waals surface area contributed by atoms with Gasteiger partial charge in [-0.15, -0.1) is 16.4 Å². The molecular weight excluding hydrogens is 466 g/mol. The number of para-hydroxylation sites is 1. The Morgan fingerprint density at radius 3 is 2.73 bits per heavy atom. The van der Waals surface area contributed by atoms with Crippen molar-refractivity contribution in [1.82, 2.24) is 14.5 Å². The Morgan fingerprint density at radius 1 is 1.15 bits per heavy atom. The van der Waals surface area contributed by atoms with Crippen LogP contribution in [0.1, 0.15) is 31.1 Å². The van der Waals surface area contributed by atoms with Gasteiger partial charge in [0.15, 0.2) is 0 Å². The Bertz CT molecular complexity index is 1260. The van der Waals surface area contributed by atoms with Gasteiger partial charge < -0.3 is 9.32 Å². The third-order valence-corrected chi connectivity index (χ3v) is 9.06. The van der Waals surface area contributed by atoms with Crippen molar-refractivity contribution in [1.29, 1.82) is 0 Å². The zero-order chi connectivity index (χ0) is 23.0. The van der Waals surface area contributed by atoms with Gasteiger partial charge in [-0.05, 0) is 36.4 Å². The highest BCUT2D eigenvalue weighted by molar-refractivity contribution is 7.91. The van der Waals surface area contributed by atoms with E-state index in [2.05, 4.69) is 15.5 Å². The summed E-state index contributed by atoms with van der Waals surface area (Å²) in [7, 11) is -3.75. The number of amides is 2. The zero-order valence-electron chi connectivity index (χ0n) is 17.5. The van der Waals surface area contributed by atoms with Crippen LogP contribution >= 0.6 is 11.3 Å². The normalized spacial score (nSPS) is 21.6. The highest BCUT2D eigenvalue weighted by atomic mass is 32.2. The first-order valence-electron chi connectivity index (χ1n) is 10.5. The molecule has 0 saturated carbocycles. The van der Waals surface area contributed by atoms with Crippen molar-refractivity contribution in [3.63, 3.8) is 0 Å². The molecule has 3 aromatic rings. The number of nitrogens with one attached hydrogen (secondary N) is 1. The van der Waals surface area contributed by atoms with Crippen LogP contribution in [0.15, 0.2) is 56.5 Å².